The molecule has 1 aliphatic rings. The molecule has 158 valence electrons. The molecule has 30 heavy (non-hydrogen) atoms. The molecule has 0 saturated heterocycles. The molecule has 0 spiro atoms. The number of hydrogen-bond donors (Lipinski definition) is 3. The number of aryl methyl sites for hydroxylation is 2. The highest BCUT2D eigenvalue weighted by Crippen LogP contribution is 2.33. The van der Waals surface area contributed by atoms with Crippen molar-refractivity contribution >= 4 is 27.0 Å². The summed E-state index contributed by atoms with van der Waals surface area (Å²) in [5.74, 6) is 0.584. The van der Waals surface area contributed by atoms with Crippen LogP contribution in [0.5, 0.6) is 0 Å². The molecule has 3 aromatic rings. The number of amides is 1. The van der Waals surface area contributed by atoms with Crippen molar-refractivity contribution in [2.24, 2.45) is 0 Å². The van der Waals surface area contributed by atoms with Crippen LogP contribution in [0.3, 0.4) is 0 Å². The number of sulfonamides is 1. The number of benzene rings is 1. The zero-order valence-corrected chi connectivity index (χ0v) is 17.4. The molecule has 0 aliphatic heterocycles. The van der Waals surface area contributed by atoms with E-state index in [1.165, 1.54) is 0 Å². The quantitative estimate of drug-likeness (QED) is 0.566. The second-order valence-electron chi connectivity index (χ2n) is 7.46. The molecule has 2 atom stereocenters. The van der Waals surface area contributed by atoms with Crippen LogP contribution in [0.4, 0.5) is 4.79 Å². The summed E-state index contributed by atoms with van der Waals surface area (Å²) in [6.07, 6.45) is 2.32. The van der Waals surface area contributed by atoms with E-state index < -0.39 is 28.2 Å². The average molecular weight is 430 g/mol. The van der Waals surface area contributed by atoms with Crippen molar-refractivity contribution in [3.8, 4) is 11.1 Å². The standard InChI is InChI=1S/C20H22N4O5S/c1-11-19(12(2)29-23-11)13-9-17-14(5-4-8-21-17)18(10-13)30(27,28)24-16-7-3-6-15(16)22-20(25)26/h4-5,8-10,15-16,22,24H,3,6-7H2,1-2H3,(H,25,26)/t15-,16-/m1/s1. The van der Waals surface area contributed by atoms with Crippen LogP contribution >= 0.6 is 0 Å². The lowest BCUT2D eigenvalue weighted by molar-refractivity contribution is 0.188. The van der Waals surface area contributed by atoms with E-state index in [1.54, 1.807) is 38.2 Å². The van der Waals surface area contributed by atoms with Gasteiger partial charge in [-0.3, -0.25) is 4.98 Å². The van der Waals surface area contributed by atoms with Gasteiger partial charge in [-0.15, -0.1) is 0 Å². The topological polar surface area (TPSA) is 134 Å². The van der Waals surface area contributed by atoms with Crippen LogP contribution in [-0.4, -0.2) is 41.8 Å². The second-order valence-corrected chi connectivity index (χ2v) is 9.14. The van der Waals surface area contributed by atoms with Gasteiger partial charge in [0.25, 0.3) is 0 Å². The Morgan fingerprint density at radius 3 is 2.70 bits per heavy atom. The summed E-state index contributed by atoms with van der Waals surface area (Å²) in [5.41, 5.74) is 2.55. The second kappa shape index (κ2) is 7.69. The van der Waals surface area contributed by atoms with Gasteiger partial charge >= 0.3 is 6.09 Å². The van der Waals surface area contributed by atoms with Gasteiger partial charge in [-0.05, 0) is 62.9 Å². The number of fused-ring (bicyclic) bond motifs is 1. The molecule has 1 amide bonds. The fourth-order valence-electron chi connectivity index (χ4n) is 4.11. The summed E-state index contributed by atoms with van der Waals surface area (Å²) in [5, 5.41) is 15.9. The Labute approximate surface area is 173 Å². The van der Waals surface area contributed by atoms with Gasteiger partial charge in [0.2, 0.25) is 10.0 Å². The van der Waals surface area contributed by atoms with Crippen molar-refractivity contribution in [3.63, 3.8) is 0 Å². The van der Waals surface area contributed by atoms with E-state index in [1.807, 2.05) is 6.07 Å². The average Bonchev–Trinajstić information content (AvgIpc) is 3.25. The first-order chi connectivity index (χ1) is 14.3. The monoisotopic (exact) mass is 430 g/mol. The molecule has 2 heterocycles. The molecule has 0 radical (unpaired) electrons. The fourth-order valence-corrected chi connectivity index (χ4v) is 5.66. The normalized spacial score (nSPS) is 19.3. The predicted octanol–water partition coefficient (Wildman–Crippen LogP) is 2.97. The Kier molecular flexibility index (Phi) is 5.20. The lowest BCUT2D eigenvalue weighted by Crippen LogP contribution is -2.48. The first-order valence-electron chi connectivity index (χ1n) is 9.60. The maximum atomic E-state index is 13.4. The molecular formula is C20H22N4O5S. The lowest BCUT2D eigenvalue weighted by Gasteiger charge is -2.21. The third-order valence-electron chi connectivity index (χ3n) is 5.43. The van der Waals surface area contributed by atoms with Crippen LogP contribution in [0.1, 0.15) is 30.7 Å². The van der Waals surface area contributed by atoms with Crippen molar-refractivity contribution in [2.75, 3.05) is 0 Å². The number of pyridine rings is 1. The molecule has 3 N–H and O–H groups in total. The summed E-state index contributed by atoms with van der Waals surface area (Å²) in [6, 6.07) is 5.81. The summed E-state index contributed by atoms with van der Waals surface area (Å²) in [4.78, 5) is 15.5. The minimum absolute atomic E-state index is 0.0871. The molecule has 1 fully saturated rings. The van der Waals surface area contributed by atoms with Crippen LogP contribution in [0.15, 0.2) is 39.9 Å². The van der Waals surface area contributed by atoms with E-state index in [-0.39, 0.29) is 4.90 Å². The van der Waals surface area contributed by atoms with E-state index in [0.29, 0.717) is 40.8 Å². The van der Waals surface area contributed by atoms with Gasteiger partial charge < -0.3 is 14.9 Å². The van der Waals surface area contributed by atoms with Crippen LogP contribution in [0.25, 0.3) is 22.0 Å². The Morgan fingerprint density at radius 2 is 2.00 bits per heavy atom. The van der Waals surface area contributed by atoms with Crippen LogP contribution in [0.2, 0.25) is 0 Å². The van der Waals surface area contributed by atoms with E-state index in [9.17, 15) is 13.2 Å². The van der Waals surface area contributed by atoms with Gasteiger partial charge in [0.15, 0.2) is 0 Å². The van der Waals surface area contributed by atoms with E-state index in [2.05, 4.69) is 20.2 Å². The smallest absolute Gasteiger partial charge is 0.404 e. The van der Waals surface area contributed by atoms with Crippen LogP contribution < -0.4 is 10.0 Å². The predicted molar refractivity (Wildman–Crippen MR) is 110 cm³/mol. The summed E-state index contributed by atoms with van der Waals surface area (Å²) in [6.45, 7) is 3.56. The Hall–Kier alpha value is -2.98. The minimum atomic E-state index is -3.95. The Morgan fingerprint density at radius 1 is 1.23 bits per heavy atom. The first-order valence-corrected chi connectivity index (χ1v) is 11.1. The number of carbonyl (C=O) groups is 1. The third kappa shape index (κ3) is 3.75. The van der Waals surface area contributed by atoms with Gasteiger partial charge in [0.1, 0.15) is 5.76 Å². The van der Waals surface area contributed by atoms with Crippen molar-refractivity contribution < 1.29 is 22.8 Å². The summed E-state index contributed by atoms with van der Waals surface area (Å²) >= 11 is 0. The molecule has 2 aromatic heterocycles. The molecule has 1 saturated carbocycles. The highest BCUT2D eigenvalue weighted by Gasteiger charge is 2.33. The number of rotatable bonds is 5. The zero-order chi connectivity index (χ0) is 21.5. The zero-order valence-electron chi connectivity index (χ0n) is 16.5. The molecule has 9 nitrogen and oxygen atoms in total. The van der Waals surface area contributed by atoms with E-state index in [0.717, 1.165) is 12.0 Å². The van der Waals surface area contributed by atoms with Gasteiger partial charge in [-0.2, -0.15) is 0 Å². The summed E-state index contributed by atoms with van der Waals surface area (Å²) in [7, 11) is -3.95. The molecule has 1 aromatic carbocycles. The maximum absolute atomic E-state index is 13.4. The third-order valence-corrected chi connectivity index (χ3v) is 6.96. The number of carboxylic acid groups (broad SMARTS) is 1. The largest absolute Gasteiger partial charge is 0.465 e. The molecule has 4 rings (SSSR count). The number of aromatic nitrogens is 2. The Bertz CT molecular complexity index is 1200. The maximum Gasteiger partial charge on any atom is 0.404 e. The van der Waals surface area contributed by atoms with Crippen LogP contribution in [-0.2, 0) is 10.0 Å². The van der Waals surface area contributed by atoms with Crippen molar-refractivity contribution in [3.05, 3.63) is 41.9 Å². The molecule has 0 unspecified atom stereocenters. The molecule has 0 bridgehead atoms. The minimum Gasteiger partial charge on any atom is -0.465 e. The Balaban J connectivity index is 1.80. The van der Waals surface area contributed by atoms with Gasteiger partial charge in [0.05, 0.1) is 16.1 Å². The van der Waals surface area contributed by atoms with Crippen LogP contribution in [0, 0.1) is 13.8 Å². The molecule has 1 aliphatic carbocycles. The SMILES string of the molecule is Cc1noc(C)c1-c1cc(S(=O)(=O)N[C@@H]2CCC[C@H]2NC(=O)O)c2cccnc2c1. The van der Waals surface area contributed by atoms with Gasteiger partial charge in [-0.25, -0.2) is 17.9 Å². The fraction of sp³-hybridized carbons (Fsp3) is 0.350. The lowest BCUT2D eigenvalue weighted by atomic mass is 10.0. The van der Waals surface area contributed by atoms with E-state index in [4.69, 9.17) is 9.63 Å². The molecule has 10 heteroatoms. The van der Waals surface area contributed by atoms with Crippen molar-refractivity contribution in [1.82, 2.24) is 20.2 Å². The van der Waals surface area contributed by atoms with Gasteiger partial charge in [-0.1, -0.05) is 5.16 Å². The number of nitrogens with zero attached hydrogens (tertiary/aromatic N) is 2. The van der Waals surface area contributed by atoms with Crippen molar-refractivity contribution in [2.45, 2.75) is 50.1 Å². The highest BCUT2D eigenvalue weighted by molar-refractivity contribution is 7.89. The summed E-state index contributed by atoms with van der Waals surface area (Å²) < 4.78 is 34.7. The number of nitrogens with one attached hydrogen (secondary N) is 2. The van der Waals surface area contributed by atoms with Gasteiger partial charge in [0, 0.05) is 29.2 Å². The first kappa shape index (κ1) is 20.3. The molecular weight excluding hydrogens is 408 g/mol. The van der Waals surface area contributed by atoms with E-state index >= 15 is 0 Å². The highest BCUT2D eigenvalue weighted by atomic mass is 32.2. The number of hydrogen-bond acceptors (Lipinski definition) is 6. The van der Waals surface area contributed by atoms with Crippen molar-refractivity contribution in [1.29, 1.82) is 0 Å².